The Morgan fingerprint density at radius 3 is 2.35 bits per heavy atom. The van der Waals surface area contributed by atoms with Gasteiger partial charge in [0.25, 0.3) is 0 Å². The van der Waals surface area contributed by atoms with Crippen molar-refractivity contribution in [2.45, 2.75) is 6.92 Å². The van der Waals surface area contributed by atoms with Gasteiger partial charge in [-0.05, 0) is 36.2 Å². The standard InChI is InChI=1S/C28H29N2O3.ClH/c1-20-4-2-3-5-23(20)28-24-8-6-21(29-10-14-31-15-11-29)18-26(24)33-27-19-22(7-9-25(27)28)30-12-16-32-17-13-30;/h2-9,18-19H,10-17H2,1H3;1H/q+1;/p-1. The van der Waals surface area contributed by atoms with Crippen LogP contribution in [0.5, 0.6) is 0 Å². The Hall–Kier alpha value is -2.86. The van der Waals surface area contributed by atoms with E-state index in [4.69, 9.17) is 13.9 Å². The molecule has 1 aliphatic carbocycles. The van der Waals surface area contributed by atoms with Crippen LogP contribution in [-0.2, 0) is 9.47 Å². The molecule has 176 valence electrons. The smallest absolute Gasteiger partial charge is 0.203 e. The minimum atomic E-state index is 0. The van der Waals surface area contributed by atoms with Gasteiger partial charge in [-0.25, -0.2) is 4.58 Å². The molecule has 2 aromatic rings. The van der Waals surface area contributed by atoms with Crippen LogP contribution < -0.4 is 27.2 Å². The molecule has 0 radical (unpaired) electrons. The molecule has 0 saturated carbocycles. The lowest BCUT2D eigenvalue weighted by Crippen LogP contribution is -3.00. The molecule has 0 N–H and O–H groups in total. The number of morpholine rings is 2. The zero-order valence-corrected chi connectivity index (χ0v) is 20.2. The van der Waals surface area contributed by atoms with Gasteiger partial charge in [0.1, 0.15) is 24.6 Å². The predicted octanol–water partition coefficient (Wildman–Crippen LogP) is 1.16. The van der Waals surface area contributed by atoms with Crippen LogP contribution in [0, 0.1) is 6.92 Å². The van der Waals surface area contributed by atoms with Gasteiger partial charge in [0.15, 0.2) is 13.1 Å². The van der Waals surface area contributed by atoms with Crippen LogP contribution in [0.25, 0.3) is 33.4 Å². The Labute approximate surface area is 206 Å². The maximum atomic E-state index is 6.60. The van der Waals surface area contributed by atoms with Crippen LogP contribution in [-0.4, -0.2) is 52.6 Å². The van der Waals surface area contributed by atoms with E-state index in [2.05, 4.69) is 77.1 Å². The van der Waals surface area contributed by atoms with Crippen molar-refractivity contribution in [1.29, 1.82) is 0 Å². The van der Waals surface area contributed by atoms with Crippen molar-refractivity contribution >= 4 is 16.7 Å². The molecule has 34 heavy (non-hydrogen) atoms. The number of nitrogens with zero attached hydrogens (tertiary/aromatic N) is 2. The Bertz CT molecular complexity index is 1350. The third-order valence-electron chi connectivity index (χ3n) is 6.86. The Morgan fingerprint density at radius 2 is 1.56 bits per heavy atom. The van der Waals surface area contributed by atoms with Gasteiger partial charge < -0.3 is 31.2 Å². The molecule has 0 amide bonds. The zero-order chi connectivity index (χ0) is 22.2. The highest BCUT2D eigenvalue weighted by molar-refractivity contribution is 6.03. The molecule has 0 atom stereocenters. The van der Waals surface area contributed by atoms with Gasteiger partial charge >= 0.3 is 0 Å². The summed E-state index contributed by atoms with van der Waals surface area (Å²) in [5, 5.41) is 2.34. The first-order valence-electron chi connectivity index (χ1n) is 11.8. The average Bonchev–Trinajstić information content (AvgIpc) is 2.88. The quantitative estimate of drug-likeness (QED) is 0.321. The number of aryl methyl sites for hydroxylation is 1. The van der Waals surface area contributed by atoms with Crippen LogP contribution in [0.3, 0.4) is 0 Å². The highest BCUT2D eigenvalue weighted by Gasteiger charge is 2.21. The molecule has 4 aliphatic rings. The first kappa shape index (κ1) is 22.9. The average molecular weight is 477 g/mol. The SMILES string of the molecule is Cc1ccccc1-c1c2ccc(=[N+]3CCOCC3)cc-2oc2cc(N3CCOCC3)ccc12.[Cl-]. The van der Waals surface area contributed by atoms with E-state index in [1.807, 2.05) is 0 Å². The van der Waals surface area contributed by atoms with Crippen molar-refractivity contribution in [2.75, 3.05) is 57.5 Å². The number of hydrogen-bond donors (Lipinski definition) is 0. The largest absolute Gasteiger partial charge is 1.00 e. The van der Waals surface area contributed by atoms with E-state index in [1.165, 1.54) is 27.7 Å². The number of hydrogen-bond acceptors (Lipinski definition) is 4. The van der Waals surface area contributed by atoms with Gasteiger partial charge in [-0.3, -0.25) is 0 Å². The van der Waals surface area contributed by atoms with Crippen molar-refractivity contribution in [3.63, 3.8) is 0 Å². The van der Waals surface area contributed by atoms with Crippen LogP contribution in [0.4, 0.5) is 5.69 Å². The topological polar surface area (TPSA) is 37.9 Å². The molecular weight excluding hydrogens is 448 g/mol. The van der Waals surface area contributed by atoms with Gasteiger partial charge in [-0.15, -0.1) is 0 Å². The molecule has 6 rings (SSSR count). The second-order valence-electron chi connectivity index (χ2n) is 8.85. The van der Waals surface area contributed by atoms with E-state index in [0.717, 1.165) is 74.9 Å². The number of halogens is 1. The van der Waals surface area contributed by atoms with E-state index in [1.54, 1.807) is 0 Å². The third-order valence-corrected chi connectivity index (χ3v) is 6.86. The first-order valence-corrected chi connectivity index (χ1v) is 11.8. The summed E-state index contributed by atoms with van der Waals surface area (Å²) in [6.45, 7) is 8.89. The van der Waals surface area contributed by atoms with Gasteiger partial charge in [0.05, 0.1) is 19.3 Å². The highest BCUT2D eigenvalue weighted by Crippen LogP contribution is 2.41. The van der Waals surface area contributed by atoms with Crippen molar-refractivity contribution in [1.82, 2.24) is 4.58 Å². The summed E-state index contributed by atoms with van der Waals surface area (Å²) in [7, 11) is 0. The molecule has 0 unspecified atom stereocenters. The number of fused-ring (bicyclic) bond motifs is 2. The van der Waals surface area contributed by atoms with Crippen LogP contribution in [0.1, 0.15) is 5.56 Å². The van der Waals surface area contributed by atoms with Crippen molar-refractivity contribution in [3.05, 3.63) is 71.6 Å². The van der Waals surface area contributed by atoms with E-state index < -0.39 is 0 Å². The molecule has 3 heterocycles. The summed E-state index contributed by atoms with van der Waals surface area (Å²) in [5.41, 5.74) is 7.01. The number of ether oxygens (including phenoxy) is 2. The Morgan fingerprint density at radius 1 is 0.794 bits per heavy atom. The van der Waals surface area contributed by atoms with Crippen LogP contribution in [0.15, 0.2) is 65.1 Å². The highest BCUT2D eigenvalue weighted by atomic mass is 35.5. The first-order chi connectivity index (χ1) is 16.3. The third kappa shape index (κ3) is 4.20. The summed E-state index contributed by atoms with van der Waals surface area (Å²) >= 11 is 0. The fourth-order valence-electron chi connectivity index (χ4n) is 5.05. The molecule has 2 saturated heterocycles. The molecule has 0 bridgehead atoms. The van der Waals surface area contributed by atoms with Crippen LogP contribution in [0.2, 0.25) is 0 Å². The molecule has 0 aromatic heterocycles. The predicted molar refractivity (Wildman–Crippen MR) is 132 cm³/mol. The number of anilines is 1. The van der Waals surface area contributed by atoms with Gasteiger partial charge in [0.2, 0.25) is 5.36 Å². The van der Waals surface area contributed by atoms with E-state index in [-0.39, 0.29) is 12.4 Å². The normalized spacial score (nSPS) is 16.6. The maximum absolute atomic E-state index is 6.60. The zero-order valence-electron chi connectivity index (χ0n) is 19.4. The second-order valence-corrected chi connectivity index (χ2v) is 8.85. The lowest BCUT2D eigenvalue weighted by Gasteiger charge is -2.29. The molecule has 3 aliphatic heterocycles. The number of benzene rings is 3. The fraction of sp³-hybridized carbons (Fsp3) is 0.321. The molecule has 0 spiro atoms. The minimum absolute atomic E-state index is 0. The monoisotopic (exact) mass is 476 g/mol. The maximum Gasteiger partial charge on any atom is 0.203 e. The van der Waals surface area contributed by atoms with Gasteiger partial charge in [-0.2, -0.15) is 0 Å². The Kier molecular flexibility index (Phi) is 6.59. The summed E-state index contributed by atoms with van der Waals surface area (Å²) in [6.07, 6.45) is 0. The molecule has 2 fully saturated rings. The lowest BCUT2D eigenvalue weighted by atomic mass is 9.91. The molecule has 2 aromatic carbocycles. The van der Waals surface area contributed by atoms with E-state index >= 15 is 0 Å². The minimum Gasteiger partial charge on any atom is -1.00 e. The Balaban J connectivity index is 0.00000241. The number of rotatable bonds is 2. The molecule has 5 nitrogen and oxygen atoms in total. The van der Waals surface area contributed by atoms with Crippen molar-refractivity contribution in [3.8, 4) is 22.5 Å². The van der Waals surface area contributed by atoms with E-state index in [9.17, 15) is 0 Å². The van der Waals surface area contributed by atoms with Gasteiger partial charge in [-0.1, -0.05) is 24.3 Å². The second kappa shape index (κ2) is 9.79. The molecular formula is C28H29ClN2O3. The van der Waals surface area contributed by atoms with Crippen LogP contribution >= 0.6 is 0 Å². The van der Waals surface area contributed by atoms with Crippen molar-refractivity contribution in [2.24, 2.45) is 0 Å². The molecule has 6 heteroatoms. The summed E-state index contributed by atoms with van der Waals surface area (Å²) in [4.78, 5) is 2.38. The summed E-state index contributed by atoms with van der Waals surface area (Å²) in [6, 6.07) is 21.9. The van der Waals surface area contributed by atoms with Gasteiger partial charge in [0, 0.05) is 47.4 Å². The fourth-order valence-corrected chi connectivity index (χ4v) is 5.05. The van der Waals surface area contributed by atoms with E-state index in [0.29, 0.717) is 0 Å². The summed E-state index contributed by atoms with van der Waals surface area (Å²) in [5.74, 6) is 0.920. The summed E-state index contributed by atoms with van der Waals surface area (Å²) < 4.78 is 20.1. The lowest BCUT2D eigenvalue weighted by molar-refractivity contribution is -0.00000851. The van der Waals surface area contributed by atoms with Crippen molar-refractivity contribution < 1.29 is 26.3 Å².